The lowest BCUT2D eigenvalue weighted by molar-refractivity contribution is -0.394. The Balaban J connectivity index is 1.53. The minimum Gasteiger partial charge on any atom is -0.457 e. The van der Waals surface area contributed by atoms with Gasteiger partial charge in [0.1, 0.15) is 17.2 Å². The molecule has 0 saturated carbocycles. The fourth-order valence-electron chi connectivity index (χ4n) is 3.02. The molecule has 0 atom stereocenters. The fourth-order valence-corrected chi connectivity index (χ4v) is 3.02. The second-order valence-corrected chi connectivity index (χ2v) is 6.97. The zero-order chi connectivity index (χ0) is 23.9. The van der Waals surface area contributed by atoms with Crippen molar-refractivity contribution >= 4 is 23.3 Å². The van der Waals surface area contributed by atoms with E-state index in [9.17, 15) is 20.2 Å². The van der Waals surface area contributed by atoms with Crippen LogP contribution in [0.2, 0.25) is 0 Å². The molecular weight excluding hydrogens is 438 g/mol. The van der Waals surface area contributed by atoms with Gasteiger partial charge in [-0.3, -0.25) is 25.2 Å². The molecule has 0 aliphatic rings. The number of rotatable bonds is 8. The van der Waals surface area contributed by atoms with Gasteiger partial charge in [0.15, 0.2) is 0 Å². The molecule has 0 spiro atoms. The first-order chi connectivity index (χ1) is 16.5. The van der Waals surface area contributed by atoms with Crippen LogP contribution in [-0.2, 0) is 0 Å². The van der Waals surface area contributed by atoms with E-state index < -0.39 is 21.2 Å². The van der Waals surface area contributed by atoms with E-state index in [1.54, 1.807) is 54.7 Å². The summed E-state index contributed by atoms with van der Waals surface area (Å²) in [6.45, 7) is 0. The summed E-state index contributed by atoms with van der Waals surface area (Å²) in [7, 11) is 0. The number of nitro groups is 2. The molecule has 0 fully saturated rings. The average molecular weight is 455 g/mol. The van der Waals surface area contributed by atoms with Gasteiger partial charge in [-0.15, -0.1) is 0 Å². The van der Waals surface area contributed by atoms with Gasteiger partial charge in [-0.25, -0.2) is 0 Å². The van der Waals surface area contributed by atoms with E-state index in [4.69, 9.17) is 9.47 Å². The van der Waals surface area contributed by atoms with Gasteiger partial charge in [-0.1, -0.05) is 30.3 Å². The van der Waals surface area contributed by atoms with Crippen molar-refractivity contribution in [2.24, 2.45) is 4.99 Å². The molecule has 168 valence electrons. The first-order valence-electron chi connectivity index (χ1n) is 10.1. The Hall–Kier alpha value is -5.05. The fraction of sp³-hybridized carbons (Fsp3) is 0. The highest BCUT2D eigenvalue weighted by molar-refractivity contribution is 5.85. The molecule has 0 bridgehead atoms. The number of aliphatic imine (C=N–C) groups is 1. The van der Waals surface area contributed by atoms with Crippen molar-refractivity contribution in [3.05, 3.63) is 123 Å². The molecule has 34 heavy (non-hydrogen) atoms. The number of nitro benzene ring substituents is 2. The molecule has 0 amide bonds. The van der Waals surface area contributed by atoms with Crippen LogP contribution in [0.15, 0.2) is 102 Å². The Morgan fingerprint density at radius 3 is 2.06 bits per heavy atom. The lowest BCUT2D eigenvalue weighted by Crippen LogP contribution is -1.97. The van der Waals surface area contributed by atoms with E-state index in [0.717, 1.165) is 17.9 Å². The molecule has 0 unspecified atom stereocenters. The molecule has 9 nitrogen and oxygen atoms in total. The molecule has 0 saturated heterocycles. The predicted octanol–water partition coefficient (Wildman–Crippen LogP) is 6.84. The standard InChI is InChI=1S/C25H17N3O6/c29-27(30)20-12-15-25(23(16-20)28(31)32)34-24-9-5-4-6-18(24)17-26-19-10-13-22(14-11-19)33-21-7-2-1-3-8-21/h1-17H. The van der Waals surface area contributed by atoms with Gasteiger partial charge in [0.05, 0.1) is 21.6 Å². The van der Waals surface area contributed by atoms with Crippen LogP contribution >= 0.6 is 0 Å². The summed E-state index contributed by atoms with van der Waals surface area (Å²) >= 11 is 0. The van der Waals surface area contributed by atoms with Crippen LogP contribution in [-0.4, -0.2) is 16.1 Å². The predicted molar refractivity (Wildman–Crippen MR) is 126 cm³/mol. The summed E-state index contributed by atoms with van der Waals surface area (Å²) in [6, 6.07) is 26.6. The largest absolute Gasteiger partial charge is 0.457 e. The molecule has 0 aliphatic heterocycles. The molecule has 9 heteroatoms. The van der Waals surface area contributed by atoms with E-state index in [0.29, 0.717) is 22.7 Å². The minimum atomic E-state index is -0.724. The van der Waals surface area contributed by atoms with Crippen LogP contribution in [0.25, 0.3) is 0 Å². The Kier molecular flexibility index (Phi) is 6.55. The van der Waals surface area contributed by atoms with Crippen LogP contribution in [0.5, 0.6) is 23.0 Å². The van der Waals surface area contributed by atoms with E-state index in [2.05, 4.69) is 4.99 Å². The minimum absolute atomic E-state index is 0.112. The van der Waals surface area contributed by atoms with Crippen molar-refractivity contribution in [2.45, 2.75) is 0 Å². The number of non-ortho nitro benzene ring substituents is 1. The molecule has 0 heterocycles. The van der Waals surface area contributed by atoms with Crippen molar-refractivity contribution in [3.63, 3.8) is 0 Å². The Morgan fingerprint density at radius 1 is 0.676 bits per heavy atom. The van der Waals surface area contributed by atoms with Crippen molar-refractivity contribution in [1.29, 1.82) is 0 Å². The summed E-state index contributed by atoms with van der Waals surface area (Å²) in [4.78, 5) is 25.4. The first kappa shape index (κ1) is 22.2. The topological polar surface area (TPSA) is 117 Å². The van der Waals surface area contributed by atoms with Gasteiger partial charge in [0.25, 0.3) is 5.69 Å². The highest BCUT2D eigenvalue weighted by Gasteiger charge is 2.21. The van der Waals surface area contributed by atoms with Crippen molar-refractivity contribution in [2.75, 3.05) is 0 Å². The number of hydrogen-bond acceptors (Lipinski definition) is 7. The Morgan fingerprint density at radius 2 is 1.35 bits per heavy atom. The third-order valence-corrected chi connectivity index (χ3v) is 4.66. The maximum atomic E-state index is 11.4. The smallest absolute Gasteiger partial charge is 0.318 e. The van der Waals surface area contributed by atoms with E-state index in [1.807, 2.05) is 30.3 Å². The molecule has 0 radical (unpaired) electrons. The lowest BCUT2D eigenvalue weighted by Gasteiger charge is -2.09. The van der Waals surface area contributed by atoms with Crippen molar-refractivity contribution in [1.82, 2.24) is 0 Å². The molecule has 0 aliphatic carbocycles. The van der Waals surface area contributed by atoms with E-state index in [-0.39, 0.29) is 5.75 Å². The maximum Gasteiger partial charge on any atom is 0.318 e. The third kappa shape index (κ3) is 5.40. The average Bonchev–Trinajstić information content (AvgIpc) is 2.85. The second-order valence-electron chi connectivity index (χ2n) is 6.97. The lowest BCUT2D eigenvalue weighted by atomic mass is 10.2. The van der Waals surface area contributed by atoms with Gasteiger partial charge >= 0.3 is 5.69 Å². The van der Waals surface area contributed by atoms with Gasteiger partial charge in [0.2, 0.25) is 5.75 Å². The van der Waals surface area contributed by atoms with Gasteiger partial charge in [-0.2, -0.15) is 0 Å². The quantitative estimate of drug-likeness (QED) is 0.163. The van der Waals surface area contributed by atoms with Gasteiger partial charge in [0, 0.05) is 17.8 Å². The summed E-state index contributed by atoms with van der Waals surface area (Å²) in [5.74, 6) is 1.59. The van der Waals surface area contributed by atoms with E-state index >= 15 is 0 Å². The summed E-state index contributed by atoms with van der Waals surface area (Å²) in [6.07, 6.45) is 1.57. The number of nitrogens with zero attached hydrogens (tertiary/aromatic N) is 3. The monoisotopic (exact) mass is 455 g/mol. The summed E-state index contributed by atoms with van der Waals surface area (Å²) in [5.41, 5.74) is 0.333. The highest BCUT2D eigenvalue weighted by Crippen LogP contribution is 2.35. The number of ether oxygens (including phenoxy) is 2. The molecular formula is C25H17N3O6. The van der Waals surface area contributed by atoms with Crippen molar-refractivity contribution < 1.29 is 19.3 Å². The van der Waals surface area contributed by atoms with Crippen LogP contribution in [0.1, 0.15) is 5.56 Å². The molecule has 4 aromatic rings. The number of benzene rings is 4. The van der Waals surface area contributed by atoms with E-state index in [1.165, 1.54) is 6.07 Å². The SMILES string of the molecule is O=[N+]([O-])c1ccc(Oc2ccccc2C=Nc2ccc(Oc3ccccc3)cc2)c([N+](=O)[O-])c1. The zero-order valence-electron chi connectivity index (χ0n) is 17.6. The van der Waals surface area contributed by atoms with Crippen LogP contribution in [0, 0.1) is 20.2 Å². The van der Waals surface area contributed by atoms with Crippen molar-refractivity contribution in [3.8, 4) is 23.0 Å². The van der Waals surface area contributed by atoms with Crippen LogP contribution in [0.3, 0.4) is 0 Å². The third-order valence-electron chi connectivity index (χ3n) is 4.66. The first-order valence-corrected chi connectivity index (χ1v) is 10.1. The Bertz CT molecular complexity index is 1350. The molecule has 4 aromatic carbocycles. The van der Waals surface area contributed by atoms with Crippen LogP contribution in [0.4, 0.5) is 17.1 Å². The zero-order valence-corrected chi connectivity index (χ0v) is 17.6. The second kappa shape index (κ2) is 10.0. The molecule has 4 rings (SSSR count). The highest BCUT2D eigenvalue weighted by atomic mass is 16.6. The molecule has 0 N–H and O–H groups in total. The molecule has 0 aromatic heterocycles. The summed E-state index contributed by atoms with van der Waals surface area (Å²) < 4.78 is 11.5. The van der Waals surface area contributed by atoms with Gasteiger partial charge in [-0.05, 0) is 54.6 Å². The van der Waals surface area contributed by atoms with Crippen LogP contribution < -0.4 is 9.47 Å². The van der Waals surface area contributed by atoms with Gasteiger partial charge < -0.3 is 9.47 Å². The summed E-state index contributed by atoms with van der Waals surface area (Å²) in [5, 5.41) is 22.3. The normalized spacial score (nSPS) is 10.7. The number of hydrogen-bond donors (Lipinski definition) is 0. The maximum absolute atomic E-state index is 11.4. The Labute approximate surface area is 193 Å². The number of para-hydroxylation sites is 2.